The minimum atomic E-state index is -0.0795. The van der Waals surface area contributed by atoms with E-state index in [2.05, 4.69) is 10.3 Å². The highest BCUT2D eigenvalue weighted by atomic mass is 35.5. The maximum Gasteiger partial charge on any atom is 0.293 e. The molecule has 16 heavy (non-hydrogen) atoms. The van der Waals surface area contributed by atoms with Crippen LogP contribution in [0.5, 0.6) is 0 Å². The molecule has 1 saturated carbocycles. The number of aromatic nitrogens is 2. The molecule has 5 heteroatoms. The van der Waals surface area contributed by atoms with Crippen molar-refractivity contribution >= 4 is 17.4 Å². The summed E-state index contributed by atoms with van der Waals surface area (Å²) in [6.07, 6.45) is 6.68. The molecule has 1 heterocycles. The maximum atomic E-state index is 11.7. The van der Waals surface area contributed by atoms with Crippen molar-refractivity contribution < 1.29 is 0 Å². The van der Waals surface area contributed by atoms with Crippen LogP contribution < -0.4 is 10.9 Å². The van der Waals surface area contributed by atoms with Crippen LogP contribution in [0.4, 0.5) is 5.82 Å². The molecule has 0 unspecified atom stereocenters. The first-order valence-electron chi connectivity index (χ1n) is 5.48. The lowest BCUT2D eigenvalue weighted by molar-refractivity contribution is 0.523. The Labute approximate surface area is 99.6 Å². The van der Waals surface area contributed by atoms with Crippen LogP contribution in [0.25, 0.3) is 0 Å². The van der Waals surface area contributed by atoms with E-state index >= 15 is 0 Å². The fourth-order valence-electron chi connectivity index (χ4n) is 1.78. The van der Waals surface area contributed by atoms with E-state index in [1.54, 1.807) is 19.4 Å². The van der Waals surface area contributed by atoms with Crippen LogP contribution in [0.1, 0.15) is 19.3 Å². The normalized spacial score (nSPS) is 17.1. The van der Waals surface area contributed by atoms with Gasteiger partial charge in [0.25, 0.3) is 5.56 Å². The first kappa shape index (κ1) is 11.5. The van der Waals surface area contributed by atoms with Gasteiger partial charge in [-0.25, -0.2) is 4.98 Å². The molecule has 1 fully saturated rings. The number of hydrogen-bond acceptors (Lipinski definition) is 3. The quantitative estimate of drug-likeness (QED) is 0.797. The summed E-state index contributed by atoms with van der Waals surface area (Å²) < 4.78 is 1.52. The van der Waals surface area contributed by atoms with Crippen molar-refractivity contribution in [2.75, 3.05) is 17.7 Å². The highest BCUT2D eigenvalue weighted by Gasteiger charge is 2.41. The van der Waals surface area contributed by atoms with Crippen molar-refractivity contribution in [1.82, 2.24) is 9.55 Å². The molecule has 0 bridgehead atoms. The van der Waals surface area contributed by atoms with E-state index in [1.807, 2.05) is 0 Å². The fraction of sp³-hybridized carbons (Fsp3) is 0.636. The van der Waals surface area contributed by atoms with Gasteiger partial charge >= 0.3 is 0 Å². The first-order valence-corrected chi connectivity index (χ1v) is 6.02. The summed E-state index contributed by atoms with van der Waals surface area (Å²) in [7, 11) is 1.72. The molecule has 1 aromatic heterocycles. The molecule has 0 amide bonds. The maximum absolute atomic E-state index is 11.7. The van der Waals surface area contributed by atoms with E-state index < -0.39 is 0 Å². The molecule has 0 saturated heterocycles. The van der Waals surface area contributed by atoms with E-state index in [0.717, 1.165) is 13.0 Å². The Kier molecular flexibility index (Phi) is 3.19. The highest BCUT2D eigenvalue weighted by Crippen LogP contribution is 2.48. The number of nitrogens with one attached hydrogen (secondary N) is 1. The van der Waals surface area contributed by atoms with E-state index in [9.17, 15) is 4.79 Å². The van der Waals surface area contributed by atoms with Crippen molar-refractivity contribution in [2.24, 2.45) is 12.5 Å². The summed E-state index contributed by atoms with van der Waals surface area (Å²) in [6.45, 7) is 0.798. The van der Waals surface area contributed by atoms with Crippen molar-refractivity contribution in [3.8, 4) is 0 Å². The monoisotopic (exact) mass is 241 g/mol. The van der Waals surface area contributed by atoms with Crippen molar-refractivity contribution in [1.29, 1.82) is 0 Å². The lowest BCUT2D eigenvalue weighted by Gasteiger charge is -2.14. The summed E-state index contributed by atoms with van der Waals surface area (Å²) in [5, 5.41) is 3.14. The molecule has 0 spiro atoms. The van der Waals surface area contributed by atoms with Gasteiger partial charge in [0.1, 0.15) is 0 Å². The molecule has 1 aliphatic carbocycles. The third kappa shape index (κ3) is 2.38. The molecule has 1 aliphatic rings. The SMILES string of the molecule is Cn1ccnc(NCC2(CCCl)CC2)c1=O. The molecule has 0 atom stereocenters. The predicted octanol–water partition coefficient (Wildman–Crippen LogP) is 1.60. The summed E-state index contributed by atoms with van der Waals surface area (Å²) in [6, 6.07) is 0. The standard InChI is InChI=1S/C11H16ClN3O/c1-15-7-6-13-9(10(15)16)14-8-11(2-3-11)4-5-12/h6-7H,2-5,8H2,1H3,(H,13,14). The Hall–Kier alpha value is -1.03. The number of alkyl halides is 1. The molecular weight excluding hydrogens is 226 g/mol. The van der Waals surface area contributed by atoms with Gasteiger partial charge in [0.2, 0.25) is 0 Å². The van der Waals surface area contributed by atoms with Gasteiger partial charge in [0.05, 0.1) is 0 Å². The van der Waals surface area contributed by atoms with E-state index in [-0.39, 0.29) is 5.56 Å². The molecule has 0 aromatic carbocycles. The van der Waals surface area contributed by atoms with E-state index in [0.29, 0.717) is 17.1 Å². The predicted molar refractivity (Wildman–Crippen MR) is 65.0 cm³/mol. The zero-order chi connectivity index (χ0) is 11.6. The Morgan fingerprint density at radius 1 is 1.62 bits per heavy atom. The van der Waals surface area contributed by atoms with Gasteiger partial charge in [-0.15, -0.1) is 11.6 Å². The van der Waals surface area contributed by atoms with Crippen LogP contribution in [-0.2, 0) is 7.05 Å². The van der Waals surface area contributed by atoms with Crippen molar-refractivity contribution in [2.45, 2.75) is 19.3 Å². The van der Waals surface area contributed by atoms with E-state index in [4.69, 9.17) is 11.6 Å². The third-order valence-electron chi connectivity index (χ3n) is 3.23. The topological polar surface area (TPSA) is 46.9 Å². The molecule has 0 aliphatic heterocycles. The number of rotatable bonds is 5. The minimum absolute atomic E-state index is 0.0795. The van der Waals surface area contributed by atoms with Crippen LogP contribution >= 0.6 is 11.6 Å². The minimum Gasteiger partial charge on any atom is -0.365 e. The van der Waals surface area contributed by atoms with Crippen LogP contribution in [0.2, 0.25) is 0 Å². The highest BCUT2D eigenvalue weighted by molar-refractivity contribution is 6.17. The second kappa shape index (κ2) is 4.45. The molecule has 2 rings (SSSR count). The second-order valence-electron chi connectivity index (χ2n) is 4.48. The zero-order valence-electron chi connectivity index (χ0n) is 9.37. The van der Waals surface area contributed by atoms with Gasteiger partial charge < -0.3 is 9.88 Å². The third-order valence-corrected chi connectivity index (χ3v) is 3.42. The van der Waals surface area contributed by atoms with Crippen LogP contribution in [0, 0.1) is 5.41 Å². The Balaban J connectivity index is 2.00. The Bertz CT molecular complexity index is 425. The number of hydrogen-bond donors (Lipinski definition) is 1. The number of halogens is 1. The second-order valence-corrected chi connectivity index (χ2v) is 4.86. The van der Waals surface area contributed by atoms with Gasteiger partial charge in [0.15, 0.2) is 5.82 Å². The summed E-state index contributed by atoms with van der Waals surface area (Å²) in [5.41, 5.74) is 0.230. The summed E-state index contributed by atoms with van der Waals surface area (Å²) >= 11 is 5.76. The van der Waals surface area contributed by atoms with E-state index in [1.165, 1.54) is 17.4 Å². The first-order chi connectivity index (χ1) is 7.67. The van der Waals surface area contributed by atoms with Gasteiger partial charge in [0, 0.05) is 31.9 Å². The number of anilines is 1. The van der Waals surface area contributed by atoms with Crippen LogP contribution in [0.3, 0.4) is 0 Å². The Morgan fingerprint density at radius 2 is 2.38 bits per heavy atom. The van der Waals surface area contributed by atoms with Gasteiger partial charge in [-0.2, -0.15) is 0 Å². The fourth-order valence-corrected chi connectivity index (χ4v) is 2.18. The van der Waals surface area contributed by atoms with Gasteiger partial charge in [-0.05, 0) is 24.7 Å². The smallest absolute Gasteiger partial charge is 0.293 e. The van der Waals surface area contributed by atoms with Crippen molar-refractivity contribution in [3.63, 3.8) is 0 Å². The van der Waals surface area contributed by atoms with Gasteiger partial charge in [-0.1, -0.05) is 0 Å². The average Bonchev–Trinajstić information content (AvgIpc) is 3.02. The summed E-state index contributed by atoms with van der Waals surface area (Å²) in [5.74, 6) is 1.12. The average molecular weight is 242 g/mol. The largest absolute Gasteiger partial charge is 0.365 e. The van der Waals surface area contributed by atoms with Crippen LogP contribution in [0.15, 0.2) is 17.2 Å². The molecule has 1 N–H and O–H groups in total. The molecule has 1 aromatic rings. The Morgan fingerprint density at radius 3 is 3.00 bits per heavy atom. The number of nitrogens with zero attached hydrogens (tertiary/aromatic N) is 2. The molecular formula is C11H16ClN3O. The lowest BCUT2D eigenvalue weighted by Crippen LogP contribution is -2.25. The lowest BCUT2D eigenvalue weighted by atomic mass is 10.0. The van der Waals surface area contributed by atoms with Gasteiger partial charge in [-0.3, -0.25) is 4.79 Å². The van der Waals surface area contributed by atoms with Crippen LogP contribution in [-0.4, -0.2) is 22.0 Å². The number of aryl methyl sites for hydroxylation is 1. The van der Waals surface area contributed by atoms with Crippen molar-refractivity contribution in [3.05, 3.63) is 22.7 Å². The zero-order valence-corrected chi connectivity index (χ0v) is 10.1. The summed E-state index contributed by atoms with van der Waals surface area (Å²) in [4.78, 5) is 15.7. The molecule has 88 valence electrons. The molecule has 4 nitrogen and oxygen atoms in total. The molecule has 0 radical (unpaired) electrons.